The number of nitrogens with one attached hydrogen (secondary N) is 1. The Labute approximate surface area is 168 Å². The molecule has 0 unspecified atom stereocenters. The zero-order chi connectivity index (χ0) is 22.5. The monoisotopic (exact) mass is 426 g/mol. The number of carbonyl (C=O) groups is 2. The summed E-state index contributed by atoms with van der Waals surface area (Å²) >= 11 is 0. The summed E-state index contributed by atoms with van der Waals surface area (Å²) in [5, 5.41) is 13.5. The molecule has 0 heterocycles. The van der Waals surface area contributed by atoms with E-state index in [-0.39, 0.29) is 23.4 Å². The molecular weight excluding hydrogens is 409 g/mol. The Kier molecular flexibility index (Phi) is 6.98. The number of methoxy groups -OCH3 is 2. The van der Waals surface area contributed by atoms with Crippen molar-refractivity contribution >= 4 is 17.6 Å². The normalized spacial score (nSPS) is 12.0. The van der Waals surface area contributed by atoms with E-state index in [1.165, 1.54) is 25.3 Å². The van der Waals surface area contributed by atoms with Crippen LogP contribution in [-0.4, -0.2) is 37.1 Å². The van der Waals surface area contributed by atoms with Crippen molar-refractivity contribution in [3.8, 4) is 5.75 Å². The number of rotatable bonds is 7. The third kappa shape index (κ3) is 5.46. The van der Waals surface area contributed by atoms with Crippen LogP contribution in [0.3, 0.4) is 0 Å². The first-order valence-electron chi connectivity index (χ1n) is 8.44. The molecule has 0 aromatic heterocycles. The van der Waals surface area contributed by atoms with E-state index in [2.05, 4.69) is 10.1 Å². The van der Waals surface area contributed by atoms with Crippen LogP contribution in [0.5, 0.6) is 5.75 Å². The van der Waals surface area contributed by atoms with E-state index in [1.54, 1.807) is 0 Å². The number of nitro benzene ring substituents is 1. The fraction of sp³-hybridized carbons (Fsp3) is 0.263. The SMILES string of the molecule is COC(=O)[C@@H](Cc1ccc(OC)c([N+](=O)[O-])c1)NC(=O)c1cccc(C(F)(F)F)c1. The van der Waals surface area contributed by atoms with E-state index in [0.29, 0.717) is 11.6 Å². The standard InChI is InChI=1S/C19H17F3N2O6/c1-29-16-7-6-11(9-15(16)24(27)28)8-14(18(26)30-2)23-17(25)12-4-3-5-13(10-12)19(20,21)22/h3-7,9-10,14H,8H2,1-2H3,(H,23,25)/t14-/m1/s1. The van der Waals surface area contributed by atoms with Gasteiger partial charge in [-0.1, -0.05) is 12.1 Å². The van der Waals surface area contributed by atoms with Crippen molar-refractivity contribution in [2.45, 2.75) is 18.6 Å². The van der Waals surface area contributed by atoms with Gasteiger partial charge in [-0.05, 0) is 29.8 Å². The summed E-state index contributed by atoms with van der Waals surface area (Å²) in [6.45, 7) is 0. The third-order valence-electron chi connectivity index (χ3n) is 4.12. The van der Waals surface area contributed by atoms with E-state index in [9.17, 15) is 32.9 Å². The second-order valence-corrected chi connectivity index (χ2v) is 6.10. The molecule has 0 radical (unpaired) electrons. The number of carbonyl (C=O) groups excluding carboxylic acids is 2. The first-order valence-corrected chi connectivity index (χ1v) is 8.44. The number of esters is 1. The molecule has 2 rings (SSSR count). The second kappa shape index (κ2) is 9.25. The number of nitro groups is 1. The fourth-order valence-corrected chi connectivity index (χ4v) is 2.65. The summed E-state index contributed by atoms with van der Waals surface area (Å²) in [4.78, 5) is 35.0. The molecule has 2 aromatic carbocycles. The van der Waals surface area contributed by atoms with E-state index >= 15 is 0 Å². The Morgan fingerprint density at radius 3 is 2.43 bits per heavy atom. The molecule has 30 heavy (non-hydrogen) atoms. The second-order valence-electron chi connectivity index (χ2n) is 6.10. The lowest BCUT2D eigenvalue weighted by atomic mass is 10.0. The summed E-state index contributed by atoms with van der Waals surface area (Å²) in [7, 11) is 2.33. The van der Waals surface area contributed by atoms with Gasteiger partial charge >= 0.3 is 17.8 Å². The number of hydrogen-bond donors (Lipinski definition) is 1. The smallest absolute Gasteiger partial charge is 0.416 e. The summed E-state index contributed by atoms with van der Waals surface area (Å²) in [6.07, 6.45) is -4.83. The van der Waals surface area contributed by atoms with Gasteiger partial charge in [0.15, 0.2) is 5.75 Å². The summed E-state index contributed by atoms with van der Waals surface area (Å²) in [5.74, 6) is -1.79. The van der Waals surface area contributed by atoms with Gasteiger partial charge in [-0.25, -0.2) is 4.79 Å². The van der Waals surface area contributed by atoms with E-state index in [0.717, 1.165) is 25.3 Å². The summed E-state index contributed by atoms with van der Waals surface area (Å²) in [6, 6.07) is 6.37. The molecule has 0 fully saturated rings. The molecule has 1 amide bonds. The third-order valence-corrected chi connectivity index (χ3v) is 4.12. The fourth-order valence-electron chi connectivity index (χ4n) is 2.65. The van der Waals surface area contributed by atoms with E-state index in [1.807, 2.05) is 0 Å². The molecule has 0 spiro atoms. The average molecular weight is 426 g/mol. The van der Waals surface area contributed by atoms with Crippen LogP contribution in [0.1, 0.15) is 21.5 Å². The van der Waals surface area contributed by atoms with Crippen molar-refractivity contribution < 1.29 is 37.2 Å². The summed E-state index contributed by atoms with van der Waals surface area (Å²) in [5.41, 5.74) is -1.36. The molecule has 8 nitrogen and oxygen atoms in total. The van der Waals surface area contributed by atoms with Crippen molar-refractivity contribution in [1.82, 2.24) is 5.32 Å². The van der Waals surface area contributed by atoms with Crippen molar-refractivity contribution in [2.24, 2.45) is 0 Å². The Morgan fingerprint density at radius 2 is 1.87 bits per heavy atom. The highest BCUT2D eigenvalue weighted by Crippen LogP contribution is 2.30. The Bertz CT molecular complexity index is 962. The predicted octanol–water partition coefficient (Wildman–Crippen LogP) is 3.14. The maximum atomic E-state index is 12.9. The molecule has 2 aromatic rings. The molecule has 0 aliphatic rings. The maximum absolute atomic E-state index is 12.9. The molecule has 0 saturated heterocycles. The van der Waals surface area contributed by atoms with Crippen molar-refractivity contribution in [2.75, 3.05) is 14.2 Å². The highest BCUT2D eigenvalue weighted by molar-refractivity contribution is 5.97. The van der Waals surface area contributed by atoms with Crippen LogP contribution in [0.25, 0.3) is 0 Å². The van der Waals surface area contributed by atoms with Gasteiger partial charge in [-0.3, -0.25) is 14.9 Å². The Balaban J connectivity index is 2.27. The minimum atomic E-state index is -4.64. The predicted molar refractivity (Wildman–Crippen MR) is 98.1 cm³/mol. The number of benzene rings is 2. The quantitative estimate of drug-likeness (QED) is 0.414. The van der Waals surface area contributed by atoms with Crippen LogP contribution in [0.2, 0.25) is 0 Å². The zero-order valence-electron chi connectivity index (χ0n) is 15.9. The number of hydrogen-bond acceptors (Lipinski definition) is 6. The van der Waals surface area contributed by atoms with Crippen LogP contribution >= 0.6 is 0 Å². The Morgan fingerprint density at radius 1 is 1.17 bits per heavy atom. The first-order chi connectivity index (χ1) is 14.1. The van der Waals surface area contributed by atoms with Crippen LogP contribution in [0.15, 0.2) is 42.5 Å². The van der Waals surface area contributed by atoms with Gasteiger partial charge in [0.1, 0.15) is 6.04 Å². The van der Waals surface area contributed by atoms with Crippen molar-refractivity contribution in [3.63, 3.8) is 0 Å². The van der Waals surface area contributed by atoms with Gasteiger partial charge in [0, 0.05) is 18.1 Å². The molecule has 0 aliphatic carbocycles. The molecular formula is C19H17F3N2O6. The van der Waals surface area contributed by atoms with Gasteiger partial charge < -0.3 is 14.8 Å². The zero-order valence-corrected chi connectivity index (χ0v) is 15.9. The topological polar surface area (TPSA) is 108 Å². The molecule has 0 bridgehead atoms. The van der Waals surface area contributed by atoms with Crippen LogP contribution in [-0.2, 0) is 22.1 Å². The molecule has 11 heteroatoms. The van der Waals surface area contributed by atoms with Gasteiger partial charge in [0.25, 0.3) is 5.91 Å². The Hall–Kier alpha value is -3.63. The average Bonchev–Trinajstić information content (AvgIpc) is 2.71. The highest BCUT2D eigenvalue weighted by Gasteiger charge is 2.31. The largest absolute Gasteiger partial charge is 0.490 e. The summed E-state index contributed by atoms with van der Waals surface area (Å²) < 4.78 is 48.1. The van der Waals surface area contributed by atoms with Gasteiger partial charge in [-0.15, -0.1) is 0 Å². The lowest BCUT2D eigenvalue weighted by Gasteiger charge is -2.17. The van der Waals surface area contributed by atoms with Crippen LogP contribution in [0.4, 0.5) is 18.9 Å². The lowest BCUT2D eigenvalue weighted by Crippen LogP contribution is -2.43. The molecule has 0 saturated carbocycles. The minimum absolute atomic E-state index is 0.00590. The number of halogens is 3. The van der Waals surface area contributed by atoms with Crippen molar-refractivity contribution in [3.05, 3.63) is 69.3 Å². The number of alkyl halides is 3. The highest BCUT2D eigenvalue weighted by atomic mass is 19.4. The van der Waals surface area contributed by atoms with E-state index < -0.39 is 34.6 Å². The van der Waals surface area contributed by atoms with Gasteiger partial charge in [-0.2, -0.15) is 13.2 Å². The van der Waals surface area contributed by atoms with Crippen molar-refractivity contribution in [1.29, 1.82) is 0 Å². The van der Waals surface area contributed by atoms with E-state index in [4.69, 9.17) is 4.74 Å². The van der Waals surface area contributed by atoms with Gasteiger partial charge in [0.05, 0.1) is 24.7 Å². The number of nitrogens with zero attached hydrogens (tertiary/aromatic N) is 1. The minimum Gasteiger partial charge on any atom is -0.490 e. The molecule has 0 aliphatic heterocycles. The molecule has 160 valence electrons. The van der Waals surface area contributed by atoms with Crippen LogP contribution < -0.4 is 10.1 Å². The molecule has 1 N–H and O–H groups in total. The maximum Gasteiger partial charge on any atom is 0.416 e. The molecule has 1 atom stereocenters. The number of ether oxygens (including phenoxy) is 2. The lowest BCUT2D eigenvalue weighted by molar-refractivity contribution is -0.385. The number of amides is 1. The van der Waals surface area contributed by atoms with Gasteiger partial charge in [0.2, 0.25) is 0 Å². The van der Waals surface area contributed by atoms with Crippen LogP contribution in [0, 0.1) is 10.1 Å². The first kappa shape index (κ1) is 22.7.